The van der Waals surface area contributed by atoms with Gasteiger partial charge in [0.2, 0.25) is 0 Å². The lowest BCUT2D eigenvalue weighted by atomic mass is 10.2. The lowest BCUT2D eigenvalue weighted by Crippen LogP contribution is -2.32. The van der Waals surface area contributed by atoms with Gasteiger partial charge in [-0.15, -0.1) is 0 Å². The number of furan rings is 1. The van der Waals surface area contributed by atoms with Gasteiger partial charge < -0.3 is 9.73 Å². The van der Waals surface area contributed by atoms with Crippen molar-refractivity contribution in [1.29, 1.82) is 0 Å². The van der Waals surface area contributed by atoms with Crippen LogP contribution in [0.2, 0.25) is 0 Å². The van der Waals surface area contributed by atoms with Crippen LogP contribution in [0.5, 0.6) is 0 Å². The molecule has 1 aromatic heterocycles. The van der Waals surface area contributed by atoms with E-state index in [0.717, 1.165) is 23.8 Å². The van der Waals surface area contributed by atoms with Crippen molar-refractivity contribution in [2.75, 3.05) is 6.54 Å². The maximum atomic E-state index is 13.3. The van der Waals surface area contributed by atoms with Gasteiger partial charge >= 0.3 is 0 Å². The quantitative estimate of drug-likeness (QED) is 0.677. The first-order valence-electron chi connectivity index (χ1n) is 8.36. The normalized spacial score (nSPS) is 12.5. The maximum Gasteiger partial charge on any atom is 0.251 e. The molecule has 0 spiro atoms. The molecule has 0 aliphatic rings. The first kappa shape index (κ1) is 19.8. The monoisotopic (exact) mass is 405 g/mol. The average molecular weight is 405 g/mol. The van der Waals surface area contributed by atoms with Gasteiger partial charge in [-0.2, -0.15) is 0 Å². The summed E-state index contributed by atoms with van der Waals surface area (Å²) < 4.78 is 57.8. The van der Waals surface area contributed by atoms with Gasteiger partial charge in [0.15, 0.2) is 21.5 Å². The highest BCUT2D eigenvalue weighted by molar-refractivity contribution is 7.91. The third-order valence-corrected chi connectivity index (χ3v) is 6.29. The molecule has 0 aliphatic carbocycles. The molecule has 5 nitrogen and oxygen atoms in total. The van der Waals surface area contributed by atoms with E-state index >= 15 is 0 Å². The lowest BCUT2D eigenvalue weighted by molar-refractivity contribution is 0.0952. The molecule has 3 aromatic rings. The SMILES string of the molecule is Cc1ccc(S(=O)(=O)[C@@H](CNC(=O)c2ccc(F)c(F)c2)c2ccco2)cc1. The summed E-state index contributed by atoms with van der Waals surface area (Å²) >= 11 is 0. The Morgan fingerprint density at radius 1 is 1.07 bits per heavy atom. The van der Waals surface area contributed by atoms with Gasteiger partial charge in [-0.3, -0.25) is 4.79 Å². The van der Waals surface area contributed by atoms with Crippen molar-refractivity contribution in [2.24, 2.45) is 0 Å². The van der Waals surface area contributed by atoms with Gasteiger partial charge in [-0.1, -0.05) is 17.7 Å². The second kappa shape index (κ2) is 7.93. The van der Waals surface area contributed by atoms with Crippen molar-refractivity contribution in [3.8, 4) is 0 Å². The van der Waals surface area contributed by atoms with E-state index in [0.29, 0.717) is 0 Å². The molecule has 1 amide bonds. The minimum absolute atomic E-state index is 0.0848. The molecule has 1 atom stereocenters. The topological polar surface area (TPSA) is 76.4 Å². The predicted molar refractivity (Wildman–Crippen MR) is 98.5 cm³/mol. The molecule has 3 rings (SSSR count). The largest absolute Gasteiger partial charge is 0.468 e. The molecule has 0 saturated carbocycles. The Labute approximate surface area is 160 Å². The Morgan fingerprint density at radius 2 is 1.79 bits per heavy atom. The predicted octanol–water partition coefficient (Wildman–Crippen LogP) is 3.81. The maximum absolute atomic E-state index is 13.3. The molecular formula is C20H17F2NO4S. The standard InChI is InChI=1S/C20H17F2NO4S/c1-13-4-7-15(8-5-13)28(25,26)19(18-3-2-10-27-18)12-23-20(24)14-6-9-16(21)17(22)11-14/h2-11,19H,12H2,1H3,(H,23,24)/t19-/m0/s1. The van der Waals surface area contributed by atoms with Gasteiger partial charge in [0.05, 0.1) is 11.2 Å². The minimum Gasteiger partial charge on any atom is -0.468 e. The molecule has 1 N–H and O–H groups in total. The molecule has 0 saturated heterocycles. The van der Waals surface area contributed by atoms with Crippen LogP contribution in [0.1, 0.15) is 26.9 Å². The Balaban J connectivity index is 1.86. The van der Waals surface area contributed by atoms with E-state index in [2.05, 4.69) is 5.32 Å². The van der Waals surface area contributed by atoms with Crippen molar-refractivity contribution < 1.29 is 26.4 Å². The molecule has 0 fully saturated rings. The van der Waals surface area contributed by atoms with Crippen LogP contribution >= 0.6 is 0 Å². The van der Waals surface area contributed by atoms with E-state index in [4.69, 9.17) is 4.42 Å². The van der Waals surface area contributed by atoms with Crippen molar-refractivity contribution >= 4 is 15.7 Å². The zero-order chi connectivity index (χ0) is 20.3. The molecule has 0 radical (unpaired) electrons. The number of nitrogens with one attached hydrogen (secondary N) is 1. The number of carbonyl (C=O) groups is 1. The Morgan fingerprint density at radius 3 is 2.39 bits per heavy atom. The van der Waals surface area contributed by atoms with Gasteiger partial charge in [0.1, 0.15) is 11.0 Å². The summed E-state index contributed by atoms with van der Waals surface area (Å²) in [4.78, 5) is 12.3. The molecule has 8 heteroatoms. The number of sulfone groups is 1. The summed E-state index contributed by atoms with van der Waals surface area (Å²) in [6, 6.07) is 12.1. The number of benzene rings is 2. The van der Waals surface area contributed by atoms with Gasteiger partial charge in [-0.05, 0) is 49.4 Å². The van der Waals surface area contributed by atoms with Crippen molar-refractivity contribution in [3.05, 3.63) is 89.4 Å². The van der Waals surface area contributed by atoms with E-state index < -0.39 is 32.6 Å². The first-order chi connectivity index (χ1) is 13.3. The molecule has 0 bridgehead atoms. The minimum atomic E-state index is -3.88. The van der Waals surface area contributed by atoms with Gasteiger partial charge in [0.25, 0.3) is 5.91 Å². The molecule has 0 unspecified atom stereocenters. The zero-order valence-electron chi connectivity index (χ0n) is 14.9. The number of rotatable bonds is 6. The van der Waals surface area contributed by atoms with Crippen LogP contribution in [0.15, 0.2) is 70.2 Å². The summed E-state index contributed by atoms with van der Waals surface area (Å²) in [6.07, 6.45) is 1.34. The molecule has 1 heterocycles. The van der Waals surface area contributed by atoms with Gasteiger partial charge in [0, 0.05) is 12.1 Å². The third-order valence-electron chi connectivity index (χ3n) is 4.21. The van der Waals surface area contributed by atoms with E-state index in [1.54, 1.807) is 18.2 Å². The second-order valence-electron chi connectivity index (χ2n) is 6.20. The summed E-state index contributed by atoms with van der Waals surface area (Å²) in [5.74, 6) is -2.81. The summed E-state index contributed by atoms with van der Waals surface area (Å²) in [7, 11) is -3.88. The van der Waals surface area contributed by atoms with Crippen LogP contribution in [-0.2, 0) is 9.84 Å². The van der Waals surface area contributed by atoms with Crippen LogP contribution in [0.25, 0.3) is 0 Å². The van der Waals surface area contributed by atoms with Crippen molar-refractivity contribution in [2.45, 2.75) is 17.1 Å². The highest BCUT2D eigenvalue weighted by atomic mass is 32.2. The smallest absolute Gasteiger partial charge is 0.251 e. The van der Waals surface area contributed by atoms with E-state index in [9.17, 15) is 22.0 Å². The van der Waals surface area contributed by atoms with Crippen LogP contribution in [-0.4, -0.2) is 20.9 Å². The van der Waals surface area contributed by atoms with Gasteiger partial charge in [-0.25, -0.2) is 17.2 Å². The second-order valence-corrected chi connectivity index (χ2v) is 8.33. The molecule has 2 aromatic carbocycles. The fourth-order valence-electron chi connectivity index (χ4n) is 2.65. The average Bonchev–Trinajstić information content (AvgIpc) is 3.18. The fourth-order valence-corrected chi connectivity index (χ4v) is 4.24. The number of hydrogen-bond acceptors (Lipinski definition) is 4. The molecule has 146 valence electrons. The third kappa shape index (κ3) is 4.12. The van der Waals surface area contributed by atoms with Crippen LogP contribution < -0.4 is 5.32 Å². The summed E-state index contributed by atoms with van der Waals surface area (Å²) in [5, 5.41) is 1.27. The first-order valence-corrected chi connectivity index (χ1v) is 9.91. The summed E-state index contributed by atoms with van der Waals surface area (Å²) in [5.41, 5.74) is 0.782. The number of aryl methyl sites for hydroxylation is 1. The van der Waals surface area contributed by atoms with E-state index in [-0.39, 0.29) is 22.8 Å². The van der Waals surface area contributed by atoms with Crippen LogP contribution in [0.3, 0.4) is 0 Å². The highest BCUT2D eigenvalue weighted by Crippen LogP contribution is 2.29. The zero-order valence-corrected chi connectivity index (χ0v) is 15.7. The van der Waals surface area contributed by atoms with E-state index in [1.807, 2.05) is 6.92 Å². The Kier molecular flexibility index (Phi) is 5.60. The number of hydrogen-bond donors (Lipinski definition) is 1. The van der Waals surface area contributed by atoms with E-state index in [1.165, 1.54) is 24.5 Å². The van der Waals surface area contributed by atoms with Crippen LogP contribution in [0, 0.1) is 18.6 Å². The number of carbonyl (C=O) groups excluding carboxylic acids is 1. The Hall–Kier alpha value is -3.00. The van der Waals surface area contributed by atoms with Crippen LogP contribution in [0.4, 0.5) is 8.78 Å². The molecule has 28 heavy (non-hydrogen) atoms. The molecule has 0 aliphatic heterocycles. The summed E-state index contributed by atoms with van der Waals surface area (Å²) in [6.45, 7) is 1.53. The lowest BCUT2D eigenvalue weighted by Gasteiger charge is -2.17. The highest BCUT2D eigenvalue weighted by Gasteiger charge is 2.32. The number of halogens is 2. The Bertz CT molecular complexity index is 1080. The molecular weight excluding hydrogens is 388 g/mol. The van der Waals surface area contributed by atoms with Crippen molar-refractivity contribution in [3.63, 3.8) is 0 Å². The van der Waals surface area contributed by atoms with Crippen molar-refractivity contribution in [1.82, 2.24) is 5.32 Å². The fraction of sp³-hybridized carbons (Fsp3) is 0.150. The number of amides is 1.